The number of anilines is 1. The number of aryl methyl sites for hydroxylation is 2. The van der Waals surface area contributed by atoms with E-state index in [1.807, 2.05) is 32.0 Å². The van der Waals surface area contributed by atoms with E-state index < -0.39 is 10.0 Å². The summed E-state index contributed by atoms with van der Waals surface area (Å²) < 4.78 is 29.4. The van der Waals surface area contributed by atoms with Gasteiger partial charge in [0, 0.05) is 0 Å². The second-order valence-corrected chi connectivity index (χ2v) is 11.2. The van der Waals surface area contributed by atoms with Gasteiger partial charge in [-0.15, -0.1) is 0 Å². The highest BCUT2D eigenvalue weighted by Gasteiger charge is 2.63. The largest absolute Gasteiger partial charge is 0.264 e. The Labute approximate surface area is 169 Å². The molecule has 4 rings (SSSR count). The number of hydrogen-bond donors (Lipinski definition) is 0. The van der Waals surface area contributed by atoms with Crippen LogP contribution in [0.25, 0.3) is 0 Å². The lowest BCUT2D eigenvalue weighted by Gasteiger charge is -2.37. The van der Waals surface area contributed by atoms with E-state index in [-0.39, 0.29) is 16.9 Å². The lowest BCUT2D eigenvalue weighted by molar-refractivity contribution is 0.175. The molecule has 0 N–H and O–H groups in total. The Hall–Kier alpha value is -1.81. The second-order valence-electron chi connectivity index (χ2n) is 9.40. The number of sulfonamides is 1. The predicted molar refractivity (Wildman–Crippen MR) is 115 cm³/mol. The highest BCUT2D eigenvalue weighted by molar-refractivity contribution is 7.92. The van der Waals surface area contributed by atoms with Crippen LogP contribution >= 0.6 is 0 Å². The van der Waals surface area contributed by atoms with E-state index in [2.05, 4.69) is 33.3 Å². The van der Waals surface area contributed by atoms with E-state index in [9.17, 15) is 8.42 Å². The van der Waals surface area contributed by atoms with Crippen LogP contribution in [0.3, 0.4) is 0 Å². The lowest BCUT2D eigenvalue weighted by Crippen LogP contribution is -2.45. The van der Waals surface area contributed by atoms with Gasteiger partial charge in [0.25, 0.3) is 10.0 Å². The maximum atomic E-state index is 13.8. The summed E-state index contributed by atoms with van der Waals surface area (Å²) >= 11 is 0. The Bertz CT molecular complexity index is 974. The van der Waals surface area contributed by atoms with Gasteiger partial charge < -0.3 is 0 Å². The van der Waals surface area contributed by atoms with Crippen LogP contribution in [0.4, 0.5) is 5.69 Å². The van der Waals surface area contributed by atoms with Crippen LogP contribution in [-0.4, -0.2) is 14.5 Å². The zero-order valence-corrected chi connectivity index (χ0v) is 18.3. The number of hydrogen-bond acceptors (Lipinski definition) is 2. The molecular weight excluding hydrogens is 366 g/mol. The number of nitrogens with zero attached hydrogens (tertiary/aromatic N) is 1. The minimum Gasteiger partial charge on any atom is -0.263 e. The van der Waals surface area contributed by atoms with Crippen molar-refractivity contribution in [2.24, 2.45) is 16.7 Å². The molecule has 2 fully saturated rings. The molecule has 0 amide bonds. The average Bonchev–Trinajstić information content (AvgIpc) is 2.94. The summed E-state index contributed by atoms with van der Waals surface area (Å²) in [5, 5.41) is 0. The SMILES string of the molecule is Cc1cc(C)cc(N([C@@H]2[CH][C@]3(C)CC[C@H]2C3(C)C)S(=O)(=O)c2ccccc2)c1. The number of rotatable bonds is 4. The standard InChI is InChI=1S/C24H30NO2S/c1-17-13-18(2)15-19(14-17)25(28(26,27)20-9-7-6-8-10-20)22-16-24(5)12-11-21(22)23(24,3)4/h6-10,13-16,21-22H,11-12H2,1-5H3/t21-,22-,24+/m1/s1. The fourth-order valence-corrected chi connectivity index (χ4v) is 7.08. The number of fused-ring (bicyclic) bond motifs is 2. The third kappa shape index (κ3) is 2.80. The molecule has 149 valence electrons. The highest BCUT2D eigenvalue weighted by atomic mass is 32.2. The maximum Gasteiger partial charge on any atom is 0.264 e. The lowest BCUT2D eigenvalue weighted by atomic mass is 9.71. The van der Waals surface area contributed by atoms with Crippen LogP contribution in [0, 0.1) is 37.0 Å². The van der Waals surface area contributed by atoms with E-state index in [4.69, 9.17) is 0 Å². The maximum absolute atomic E-state index is 13.8. The van der Waals surface area contributed by atoms with Gasteiger partial charge >= 0.3 is 0 Å². The first-order valence-corrected chi connectivity index (χ1v) is 11.5. The molecule has 2 aliphatic rings. The van der Waals surface area contributed by atoms with E-state index >= 15 is 0 Å². The third-order valence-corrected chi connectivity index (χ3v) is 9.20. The Balaban J connectivity index is 1.89. The van der Waals surface area contributed by atoms with Crippen LogP contribution < -0.4 is 4.31 Å². The molecule has 28 heavy (non-hydrogen) atoms. The van der Waals surface area contributed by atoms with Crippen LogP contribution in [-0.2, 0) is 10.0 Å². The van der Waals surface area contributed by atoms with Gasteiger partial charge in [-0.2, -0.15) is 0 Å². The highest BCUT2D eigenvalue weighted by Crippen LogP contribution is 2.66. The monoisotopic (exact) mass is 396 g/mol. The van der Waals surface area contributed by atoms with Gasteiger partial charge in [-0.1, -0.05) is 45.0 Å². The third-order valence-electron chi connectivity index (χ3n) is 7.36. The van der Waals surface area contributed by atoms with E-state index in [1.165, 1.54) is 0 Å². The van der Waals surface area contributed by atoms with Crippen molar-refractivity contribution in [2.75, 3.05) is 4.31 Å². The molecule has 1 radical (unpaired) electrons. The topological polar surface area (TPSA) is 37.4 Å². The molecule has 2 saturated carbocycles. The fraction of sp³-hybridized carbons (Fsp3) is 0.458. The molecule has 0 saturated heterocycles. The molecule has 0 spiro atoms. The molecular formula is C24H30NO2S. The Morgan fingerprint density at radius 2 is 1.57 bits per heavy atom. The smallest absolute Gasteiger partial charge is 0.263 e. The van der Waals surface area contributed by atoms with Crippen molar-refractivity contribution < 1.29 is 8.42 Å². The molecule has 3 atom stereocenters. The van der Waals surface area contributed by atoms with E-state index in [1.54, 1.807) is 28.6 Å². The first-order chi connectivity index (χ1) is 13.1. The van der Waals surface area contributed by atoms with Gasteiger partial charge in [0.15, 0.2) is 0 Å². The van der Waals surface area contributed by atoms with Crippen LogP contribution in [0.15, 0.2) is 53.4 Å². The zero-order valence-electron chi connectivity index (χ0n) is 17.4. The van der Waals surface area contributed by atoms with Crippen LogP contribution in [0.2, 0.25) is 0 Å². The van der Waals surface area contributed by atoms with Crippen molar-refractivity contribution in [3.05, 3.63) is 66.1 Å². The van der Waals surface area contributed by atoms with Crippen molar-refractivity contribution in [3.8, 4) is 0 Å². The minimum atomic E-state index is -3.67. The fourth-order valence-electron chi connectivity index (χ4n) is 5.44. The van der Waals surface area contributed by atoms with E-state index in [0.29, 0.717) is 10.8 Å². The Kier molecular flexibility index (Phi) is 4.42. The Morgan fingerprint density at radius 1 is 0.964 bits per heavy atom. The predicted octanol–water partition coefficient (Wildman–Crippen LogP) is 5.53. The van der Waals surface area contributed by atoms with Crippen molar-refractivity contribution in [3.63, 3.8) is 0 Å². The molecule has 4 heteroatoms. The summed E-state index contributed by atoms with van der Waals surface area (Å²) in [4.78, 5) is 0.355. The molecule has 0 aliphatic heterocycles. The van der Waals surface area contributed by atoms with Gasteiger partial charge in [0.2, 0.25) is 0 Å². The van der Waals surface area contributed by atoms with Crippen molar-refractivity contribution in [1.82, 2.24) is 0 Å². The Morgan fingerprint density at radius 3 is 2.07 bits per heavy atom. The van der Waals surface area contributed by atoms with Crippen LogP contribution in [0.1, 0.15) is 44.7 Å². The first kappa shape index (κ1) is 19.5. The van der Waals surface area contributed by atoms with Gasteiger partial charge in [-0.05, 0) is 85.3 Å². The second kappa shape index (κ2) is 6.35. The summed E-state index contributed by atoms with van der Waals surface area (Å²) in [5.74, 6) is 0.316. The summed E-state index contributed by atoms with van der Waals surface area (Å²) in [5.41, 5.74) is 3.08. The first-order valence-electron chi connectivity index (χ1n) is 10.1. The van der Waals surface area contributed by atoms with Crippen molar-refractivity contribution >= 4 is 15.7 Å². The molecule has 0 aromatic heterocycles. The summed E-state index contributed by atoms with van der Waals surface area (Å²) in [6, 6.07) is 14.8. The van der Waals surface area contributed by atoms with Crippen molar-refractivity contribution in [2.45, 2.75) is 58.4 Å². The molecule has 2 aromatic rings. The molecule has 2 aromatic carbocycles. The zero-order chi connectivity index (χ0) is 20.3. The van der Waals surface area contributed by atoms with Gasteiger partial charge in [-0.25, -0.2) is 8.42 Å². The molecule has 0 heterocycles. The summed E-state index contributed by atoms with van der Waals surface area (Å²) in [7, 11) is -3.67. The van der Waals surface area contributed by atoms with Gasteiger partial charge in [0.05, 0.1) is 16.6 Å². The summed E-state index contributed by atoms with van der Waals surface area (Å²) in [6.07, 6.45) is 4.52. The minimum absolute atomic E-state index is 0.0612. The summed E-state index contributed by atoms with van der Waals surface area (Å²) in [6.45, 7) is 11.0. The van der Waals surface area contributed by atoms with Gasteiger partial charge in [-0.3, -0.25) is 4.31 Å². The van der Waals surface area contributed by atoms with E-state index in [0.717, 1.165) is 29.7 Å². The average molecular weight is 397 g/mol. The normalized spacial score (nSPS) is 28.5. The molecule has 3 nitrogen and oxygen atoms in total. The van der Waals surface area contributed by atoms with Gasteiger partial charge in [0.1, 0.15) is 0 Å². The molecule has 0 unspecified atom stereocenters. The van der Waals surface area contributed by atoms with Crippen LogP contribution in [0.5, 0.6) is 0 Å². The number of benzene rings is 2. The quantitative estimate of drug-likeness (QED) is 0.681. The van der Waals surface area contributed by atoms with Crippen molar-refractivity contribution in [1.29, 1.82) is 0 Å². The molecule has 2 aliphatic carbocycles. The molecule has 2 bridgehead atoms.